The van der Waals surface area contributed by atoms with Crippen LogP contribution in [0, 0.1) is 0 Å². The summed E-state index contributed by atoms with van der Waals surface area (Å²) >= 11 is 0. The van der Waals surface area contributed by atoms with E-state index in [1.54, 1.807) is 0 Å². The second-order valence-corrected chi connectivity index (χ2v) is 32.4. The summed E-state index contributed by atoms with van der Waals surface area (Å²) in [5.74, 6) is 2.58. The van der Waals surface area contributed by atoms with Crippen LogP contribution in [0.2, 0.25) is 0 Å². The Balaban J connectivity index is 0.000000143. The summed E-state index contributed by atoms with van der Waals surface area (Å²) in [6.45, 7) is 0. The molecular weight excluding hydrogens is 1560 g/mol. The first-order chi connectivity index (χ1) is 63.5. The molecule has 596 valence electrons. The summed E-state index contributed by atoms with van der Waals surface area (Å²) in [4.78, 5) is 36.4. The molecule has 6 heterocycles. The maximum Gasteiger partial charge on any atom is 0.164 e. The Morgan fingerprint density at radius 3 is 1.02 bits per heavy atom. The van der Waals surface area contributed by atoms with Crippen molar-refractivity contribution >= 4 is 109 Å². The highest BCUT2D eigenvalue weighted by molar-refractivity contribution is 6.30. The molecule has 0 radical (unpaired) electrons. The molecule has 9 heteroatoms. The monoisotopic (exact) mass is 1630 g/mol. The number of pyridine rings is 2. The van der Waals surface area contributed by atoms with E-state index >= 15 is 0 Å². The molecule has 0 N–H and O–H groups in total. The summed E-state index contributed by atoms with van der Waals surface area (Å²) < 4.78 is 13.3. The first-order valence-corrected chi connectivity index (χ1v) is 43.1. The van der Waals surface area contributed by atoms with Gasteiger partial charge >= 0.3 is 0 Å². The zero-order chi connectivity index (χ0) is 84.5. The number of para-hydroxylation sites is 4. The number of nitrogens with zero attached hydrogens (tertiary/aromatic N) is 7. The van der Waals surface area contributed by atoms with Crippen molar-refractivity contribution < 1.29 is 8.83 Å². The van der Waals surface area contributed by atoms with Gasteiger partial charge < -0.3 is 8.83 Å². The van der Waals surface area contributed by atoms with Crippen molar-refractivity contribution in [1.82, 2.24) is 34.9 Å². The van der Waals surface area contributed by atoms with E-state index in [2.05, 4.69) is 358 Å². The molecule has 0 spiro atoms. The minimum Gasteiger partial charge on any atom is -0.456 e. The average Bonchev–Trinajstić information content (AvgIpc) is 1.67. The lowest BCUT2D eigenvalue weighted by molar-refractivity contribution is 0.669. The molecule has 128 heavy (non-hydrogen) atoms. The lowest BCUT2D eigenvalue weighted by Gasteiger charge is -2.16. The third-order valence-corrected chi connectivity index (χ3v) is 24.8. The third-order valence-electron chi connectivity index (χ3n) is 24.8. The Bertz CT molecular complexity index is 8610. The fourth-order valence-corrected chi connectivity index (χ4v) is 18.9. The molecule has 0 aliphatic rings. The van der Waals surface area contributed by atoms with Gasteiger partial charge in [-0.25, -0.2) is 34.9 Å². The van der Waals surface area contributed by atoms with Crippen molar-refractivity contribution in [2.45, 2.75) is 0 Å². The Morgan fingerprint density at radius 1 is 0.148 bits per heavy atom. The lowest BCUT2D eigenvalue weighted by atomic mass is 9.89. The predicted octanol–water partition coefficient (Wildman–Crippen LogP) is 31.5. The van der Waals surface area contributed by atoms with Gasteiger partial charge in [0.05, 0.1) is 33.8 Å². The van der Waals surface area contributed by atoms with Crippen LogP contribution in [-0.4, -0.2) is 34.9 Å². The molecule has 0 amide bonds. The molecule has 6 aromatic heterocycles. The smallest absolute Gasteiger partial charge is 0.164 e. The van der Waals surface area contributed by atoms with Gasteiger partial charge in [0.2, 0.25) is 0 Å². The van der Waals surface area contributed by atoms with E-state index in [-0.39, 0.29) is 0 Å². The maximum absolute atomic E-state index is 6.64. The van der Waals surface area contributed by atoms with Gasteiger partial charge in [-0.2, -0.15) is 0 Å². The third kappa shape index (κ3) is 13.2. The molecule has 0 atom stereocenters. The minimum atomic E-state index is 0.627. The first kappa shape index (κ1) is 74.6. The van der Waals surface area contributed by atoms with Crippen LogP contribution < -0.4 is 0 Å². The van der Waals surface area contributed by atoms with Crippen LogP contribution in [0.1, 0.15) is 0 Å². The number of furan rings is 2. The summed E-state index contributed by atoms with van der Waals surface area (Å²) in [7, 11) is 0. The second kappa shape index (κ2) is 31.6. The number of benzene rings is 19. The van der Waals surface area contributed by atoms with Gasteiger partial charge in [-0.05, 0) is 127 Å². The molecule has 0 unspecified atom stereocenters. The van der Waals surface area contributed by atoms with Gasteiger partial charge in [-0.15, -0.1) is 0 Å². The predicted molar refractivity (Wildman–Crippen MR) is 528 cm³/mol. The molecule has 25 aromatic rings. The highest BCUT2D eigenvalue weighted by Crippen LogP contribution is 2.51. The van der Waals surface area contributed by atoms with E-state index in [0.717, 1.165) is 226 Å². The Hall–Kier alpha value is -17.3. The molecule has 0 fully saturated rings. The second-order valence-electron chi connectivity index (χ2n) is 32.4. The van der Waals surface area contributed by atoms with Crippen molar-refractivity contribution in [3.8, 4) is 146 Å². The topological polar surface area (TPSA) is 117 Å². The van der Waals surface area contributed by atoms with E-state index in [0.29, 0.717) is 23.3 Å². The number of rotatable bonds is 13. The van der Waals surface area contributed by atoms with E-state index in [1.807, 2.05) is 84.9 Å². The van der Waals surface area contributed by atoms with E-state index in [4.69, 9.17) is 43.7 Å². The Kier molecular flexibility index (Phi) is 18.4. The molecule has 0 aliphatic heterocycles. The largest absolute Gasteiger partial charge is 0.456 e. The summed E-state index contributed by atoms with van der Waals surface area (Å²) in [5.41, 5.74) is 28.2. The quantitative estimate of drug-likeness (QED) is 0.104. The number of hydrogen-bond acceptors (Lipinski definition) is 9. The Morgan fingerprint density at radius 2 is 0.492 bits per heavy atom. The van der Waals surface area contributed by atoms with Crippen LogP contribution in [0.3, 0.4) is 0 Å². The number of aromatic nitrogens is 7. The summed E-state index contributed by atoms with van der Waals surface area (Å²) in [6.07, 6.45) is 0. The maximum atomic E-state index is 6.64. The van der Waals surface area contributed by atoms with Gasteiger partial charge in [-0.1, -0.05) is 382 Å². The minimum absolute atomic E-state index is 0.627. The molecule has 25 rings (SSSR count). The molecule has 0 bridgehead atoms. The van der Waals surface area contributed by atoms with Gasteiger partial charge in [0.25, 0.3) is 0 Å². The van der Waals surface area contributed by atoms with Crippen molar-refractivity contribution in [3.63, 3.8) is 0 Å². The van der Waals surface area contributed by atoms with Crippen LogP contribution in [0.25, 0.3) is 255 Å². The average molecular weight is 1630 g/mol. The summed E-state index contributed by atoms with van der Waals surface area (Å²) in [5, 5.41) is 15.5. The van der Waals surface area contributed by atoms with Crippen molar-refractivity contribution in [2.75, 3.05) is 0 Å². The molecule has 0 saturated carbocycles. The van der Waals surface area contributed by atoms with Gasteiger partial charge in [-0.3, -0.25) is 0 Å². The number of hydrogen-bond donors (Lipinski definition) is 0. The summed E-state index contributed by atoms with van der Waals surface area (Å²) in [6, 6.07) is 155. The van der Waals surface area contributed by atoms with Crippen molar-refractivity contribution in [3.05, 3.63) is 443 Å². The number of fused-ring (bicyclic) bond motifs is 14. The molecule has 19 aromatic carbocycles. The molecular formula is C119H73N7O2. The van der Waals surface area contributed by atoms with E-state index in [9.17, 15) is 0 Å². The highest BCUT2D eigenvalue weighted by Gasteiger charge is 2.27. The first-order valence-electron chi connectivity index (χ1n) is 43.1. The zero-order valence-corrected chi connectivity index (χ0v) is 69.1. The normalized spacial score (nSPS) is 11.6. The fourth-order valence-electron chi connectivity index (χ4n) is 18.9. The highest BCUT2D eigenvalue weighted by atomic mass is 16.3. The van der Waals surface area contributed by atoms with E-state index in [1.165, 1.54) is 5.39 Å². The molecule has 9 nitrogen and oxygen atoms in total. The van der Waals surface area contributed by atoms with Crippen LogP contribution in [0.4, 0.5) is 0 Å². The van der Waals surface area contributed by atoms with Crippen molar-refractivity contribution in [1.29, 1.82) is 0 Å². The molecule has 0 saturated heterocycles. The zero-order valence-electron chi connectivity index (χ0n) is 69.1. The van der Waals surface area contributed by atoms with Crippen molar-refractivity contribution in [2.24, 2.45) is 0 Å². The SMILES string of the molecule is c1ccc(-c2cccc(-c3nc(-c4ccccc4)cc(-c4ccc(-c5ccc(-c6nc7ccccc7c7c(-c8ccccc8)c8c(cc67)oc6ccccc68)cc5)c5ccccc45)n3)c2)cc1.c1ccc(-c2nc(-c3ccccc3)nc(-c3ccc(-c4cccc(-c5nc6ccccc6c6c(-c7ccccc7)c7c(cc56)oc5ccccc57)c4)c4ccccc34)n2)cc1. The van der Waals surface area contributed by atoms with E-state index < -0.39 is 0 Å². The van der Waals surface area contributed by atoms with Gasteiger partial charge in [0.15, 0.2) is 23.3 Å². The standard InChI is InChI=1S/C63H39N3O.C56H34N4O/c1-4-17-40(18-5-1)45-23-16-24-46(37-45)63-65-55(42-19-6-2-7-20-42)39-56(66-63)50-36-35-47(48-25-10-11-26-49(48)50)41-31-33-44(34-32-41)62-53-38-58-61(52-28-13-15-30-57(52)67-58)59(43-21-8-3-9-22-43)60(53)51-27-12-14-29-54(51)64-62;1-4-17-35(18-5-1)50-51-44-27-12-14-29-47(44)57-53(46(51)34-49-52(50)45-28-13-15-30-48(45)61-49)39-24-16-23-38(33-39)40-31-32-43(42-26-11-10-25-41(40)42)56-59-54(36-19-6-2-7-20-36)58-55(60-56)37-21-8-3-9-22-37/h1-39H;1-34H. The lowest BCUT2D eigenvalue weighted by Crippen LogP contribution is -2.00. The fraction of sp³-hybridized carbons (Fsp3) is 0. The van der Waals surface area contributed by atoms with Crippen LogP contribution in [0.15, 0.2) is 452 Å². The van der Waals surface area contributed by atoms with Crippen LogP contribution in [0.5, 0.6) is 0 Å². The molecule has 0 aliphatic carbocycles. The van der Waals surface area contributed by atoms with Gasteiger partial charge in [0.1, 0.15) is 22.3 Å². The van der Waals surface area contributed by atoms with Crippen LogP contribution >= 0.6 is 0 Å². The van der Waals surface area contributed by atoms with Gasteiger partial charge in [0, 0.05) is 109 Å². The Labute approximate surface area is 736 Å². The van der Waals surface area contributed by atoms with Crippen LogP contribution in [-0.2, 0) is 0 Å².